The Labute approximate surface area is 151 Å². The first kappa shape index (κ1) is 19.4. The number of nitrogens with zero attached hydrogens (tertiary/aromatic N) is 2. The molecule has 0 aliphatic heterocycles. The molecule has 1 N–H and O–H groups in total. The smallest absolute Gasteiger partial charge is 0.260 e. The highest BCUT2D eigenvalue weighted by Gasteiger charge is 2.24. The minimum atomic E-state index is -2.69. The first-order chi connectivity index (χ1) is 11.8. The lowest BCUT2D eigenvalue weighted by Crippen LogP contribution is -2.28. The summed E-state index contributed by atoms with van der Waals surface area (Å²) in [4.78, 5) is 12.5. The molecule has 1 unspecified atom stereocenters. The number of aromatic nitrogens is 1. The van der Waals surface area contributed by atoms with Gasteiger partial charge < -0.3 is 14.4 Å². The fraction of sp³-hybridized carbons (Fsp3) is 0.333. The molecule has 1 aromatic heterocycles. The van der Waals surface area contributed by atoms with Gasteiger partial charge in [0.2, 0.25) is 0 Å². The van der Waals surface area contributed by atoms with Crippen molar-refractivity contribution in [1.29, 1.82) is 0 Å². The number of hydrogen-bond acceptors (Lipinski definition) is 5. The predicted octanol–water partition coefficient (Wildman–Crippen LogP) is 3.35. The Morgan fingerprint density at radius 3 is 2.68 bits per heavy atom. The summed E-state index contributed by atoms with van der Waals surface area (Å²) in [5.74, 6) is -1.49. The third kappa shape index (κ3) is 4.00. The van der Waals surface area contributed by atoms with E-state index < -0.39 is 28.6 Å². The SMILES string of the molecule is CCCN(c1ccc(Cl)c(C(=O)Nc2c(C)noc2C)c1F)S(=O)[O-]. The Morgan fingerprint density at radius 2 is 2.16 bits per heavy atom. The van der Waals surface area contributed by atoms with Crippen LogP contribution < -0.4 is 9.62 Å². The van der Waals surface area contributed by atoms with Crippen molar-refractivity contribution in [2.24, 2.45) is 0 Å². The standard InChI is InChI=1S/C15H17ClFN3O4S/c1-4-7-20(25(22)23)11-6-5-10(16)12(13(11)17)15(21)18-14-8(2)19-24-9(14)3/h5-6H,4,7H2,1-3H3,(H,18,21)(H,22,23)/p-1. The van der Waals surface area contributed by atoms with Gasteiger partial charge in [-0.2, -0.15) is 0 Å². The number of rotatable bonds is 6. The molecule has 0 fully saturated rings. The summed E-state index contributed by atoms with van der Waals surface area (Å²) in [6, 6.07) is 2.49. The van der Waals surface area contributed by atoms with Gasteiger partial charge in [-0.1, -0.05) is 23.7 Å². The van der Waals surface area contributed by atoms with E-state index in [9.17, 15) is 17.9 Å². The second-order valence-electron chi connectivity index (χ2n) is 5.23. The third-order valence-electron chi connectivity index (χ3n) is 3.45. The molecule has 0 saturated heterocycles. The zero-order chi connectivity index (χ0) is 18.7. The van der Waals surface area contributed by atoms with Gasteiger partial charge >= 0.3 is 0 Å². The molecule has 1 amide bonds. The Morgan fingerprint density at radius 1 is 1.48 bits per heavy atom. The predicted molar refractivity (Wildman–Crippen MR) is 91.9 cm³/mol. The van der Waals surface area contributed by atoms with Crippen LogP contribution in [-0.2, 0) is 11.3 Å². The monoisotopic (exact) mass is 388 g/mol. The maximum absolute atomic E-state index is 14.8. The first-order valence-corrected chi connectivity index (χ1v) is 8.78. The lowest BCUT2D eigenvalue weighted by molar-refractivity contribution is 0.102. The van der Waals surface area contributed by atoms with Crippen LogP contribution in [0.2, 0.25) is 5.02 Å². The number of benzene rings is 1. The number of aryl methyl sites for hydroxylation is 2. The van der Waals surface area contributed by atoms with Crippen LogP contribution in [0.5, 0.6) is 0 Å². The molecular formula is C15H16ClFN3O4S-. The van der Waals surface area contributed by atoms with Crippen LogP contribution in [-0.4, -0.2) is 26.4 Å². The van der Waals surface area contributed by atoms with Crippen molar-refractivity contribution in [3.63, 3.8) is 0 Å². The quantitative estimate of drug-likeness (QED) is 0.765. The number of nitrogens with one attached hydrogen (secondary N) is 1. The molecule has 0 aliphatic carbocycles. The summed E-state index contributed by atoms with van der Waals surface area (Å²) in [7, 11) is 0. The van der Waals surface area contributed by atoms with Crippen molar-refractivity contribution < 1.29 is 22.5 Å². The maximum Gasteiger partial charge on any atom is 0.260 e. The zero-order valence-electron chi connectivity index (χ0n) is 13.8. The van der Waals surface area contributed by atoms with E-state index in [4.69, 9.17) is 16.1 Å². The van der Waals surface area contributed by atoms with Gasteiger partial charge in [-0.05, 0) is 32.4 Å². The number of amides is 1. The molecule has 10 heteroatoms. The van der Waals surface area contributed by atoms with Gasteiger partial charge in [-0.25, -0.2) is 4.39 Å². The van der Waals surface area contributed by atoms with Gasteiger partial charge in [0, 0.05) is 17.8 Å². The molecule has 2 aromatic rings. The molecule has 1 atom stereocenters. The normalized spacial score (nSPS) is 12.1. The van der Waals surface area contributed by atoms with E-state index in [1.807, 2.05) is 0 Å². The van der Waals surface area contributed by atoms with Gasteiger partial charge in [0.1, 0.15) is 11.4 Å². The topological polar surface area (TPSA) is 98.5 Å². The fourth-order valence-corrected chi connectivity index (χ4v) is 3.12. The summed E-state index contributed by atoms with van der Waals surface area (Å²) in [6.45, 7) is 5.02. The molecular weight excluding hydrogens is 373 g/mol. The van der Waals surface area contributed by atoms with Gasteiger partial charge in [0.15, 0.2) is 11.6 Å². The molecule has 0 aliphatic rings. The minimum Gasteiger partial charge on any atom is -0.755 e. The van der Waals surface area contributed by atoms with Gasteiger partial charge in [-0.15, -0.1) is 0 Å². The van der Waals surface area contributed by atoms with Crippen LogP contribution in [0.1, 0.15) is 35.2 Å². The summed E-state index contributed by atoms with van der Waals surface area (Å²) in [6.07, 6.45) is 0.469. The summed E-state index contributed by atoms with van der Waals surface area (Å²) in [5, 5.41) is 6.05. The highest BCUT2D eigenvalue weighted by molar-refractivity contribution is 7.80. The van der Waals surface area contributed by atoms with E-state index in [1.165, 1.54) is 12.1 Å². The third-order valence-corrected chi connectivity index (χ3v) is 4.50. The summed E-state index contributed by atoms with van der Waals surface area (Å²) >= 11 is 3.28. The van der Waals surface area contributed by atoms with Crippen LogP contribution in [0, 0.1) is 19.7 Å². The van der Waals surface area contributed by atoms with Crippen molar-refractivity contribution in [1.82, 2.24) is 5.16 Å². The van der Waals surface area contributed by atoms with Gasteiger partial charge in [0.05, 0.1) is 16.3 Å². The van der Waals surface area contributed by atoms with E-state index in [-0.39, 0.29) is 17.3 Å². The van der Waals surface area contributed by atoms with Crippen molar-refractivity contribution in [2.45, 2.75) is 27.2 Å². The zero-order valence-corrected chi connectivity index (χ0v) is 15.3. The Bertz CT molecular complexity index is 808. The van der Waals surface area contributed by atoms with E-state index in [0.29, 0.717) is 23.6 Å². The van der Waals surface area contributed by atoms with Crippen molar-refractivity contribution in [3.05, 3.63) is 40.0 Å². The number of hydrogen-bond donors (Lipinski definition) is 1. The molecule has 0 spiro atoms. The maximum atomic E-state index is 14.8. The summed E-state index contributed by atoms with van der Waals surface area (Å²) < 4.78 is 43.3. The highest BCUT2D eigenvalue weighted by Crippen LogP contribution is 2.30. The lowest BCUT2D eigenvalue weighted by Gasteiger charge is -2.27. The van der Waals surface area contributed by atoms with Crippen LogP contribution in [0.3, 0.4) is 0 Å². The molecule has 7 nitrogen and oxygen atoms in total. The van der Waals surface area contributed by atoms with Crippen molar-refractivity contribution in [3.8, 4) is 0 Å². The van der Waals surface area contributed by atoms with Crippen LogP contribution in [0.25, 0.3) is 0 Å². The van der Waals surface area contributed by atoms with Crippen LogP contribution >= 0.6 is 11.6 Å². The average molecular weight is 389 g/mol. The number of halogens is 2. The average Bonchev–Trinajstić information content (AvgIpc) is 2.85. The highest BCUT2D eigenvalue weighted by atomic mass is 35.5. The molecule has 2 rings (SSSR count). The molecule has 136 valence electrons. The van der Waals surface area contributed by atoms with Crippen LogP contribution in [0.15, 0.2) is 16.7 Å². The van der Waals surface area contributed by atoms with E-state index >= 15 is 0 Å². The number of carbonyl (C=O) groups is 1. The Balaban J connectivity index is 2.45. The van der Waals surface area contributed by atoms with E-state index in [2.05, 4.69) is 10.5 Å². The number of carbonyl (C=O) groups excluding carboxylic acids is 1. The lowest BCUT2D eigenvalue weighted by atomic mass is 10.1. The number of anilines is 2. The molecule has 0 radical (unpaired) electrons. The Hall–Kier alpha value is -1.97. The second kappa shape index (κ2) is 7.94. The first-order valence-electron chi connectivity index (χ1n) is 7.37. The second-order valence-corrected chi connectivity index (χ2v) is 6.51. The fourth-order valence-electron chi connectivity index (χ4n) is 2.26. The van der Waals surface area contributed by atoms with Crippen molar-refractivity contribution >= 4 is 40.1 Å². The molecule has 0 bridgehead atoms. The molecule has 25 heavy (non-hydrogen) atoms. The molecule has 1 aromatic carbocycles. The largest absolute Gasteiger partial charge is 0.755 e. The van der Waals surface area contributed by atoms with Gasteiger partial charge in [-0.3, -0.25) is 13.3 Å². The van der Waals surface area contributed by atoms with Crippen molar-refractivity contribution in [2.75, 3.05) is 16.2 Å². The molecule has 0 saturated carbocycles. The van der Waals surface area contributed by atoms with E-state index in [0.717, 1.165) is 4.31 Å². The van der Waals surface area contributed by atoms with Crippen LogP contribution in [0.4, 0.5) is 15.8 Å². The van der Waals surface area contributed by atoms with E-state index in [1.54, 1.807) is 20.8 Å². The molecule has 1 heterocycles. The van der Waals surface area contributed by atoms with Gasteiger partial charge in [0.25, 0.3) is 5.91 Å². The summed E-state index contributed by atoms with van der Waals surface area (Å²) in [5.41, 5.74) is 0.0321. The Kier molecular flexibility index (Phi) is 6.15. The minimum absolute atomic E-state index is 0.0690.